The van der Waals surface area contributed by atoms with Crippen molar-refractivity contribution in [1.29, 1.82) is 0 Å². The Morgan fingerprint density at radius 1 is 1.17 bits per heavy atom. The van der Waals surface area contributed by atoms with E-state index in [1.165, 1.54) is 0 Å². The van der Waals surface area contributed by atoms with Gasteiger partial charge < -0.3 is 30.0 Å². The number of ether oxygens (including phenoxy) is 1. The molecule has 4 atom stereocenters. The van der Waals surface area contributed by atoms with Gasteiger partial charge in [0.1, 0.15) is 12.2 Å². The molecule has 0 radical (unpaired) electrons. The molecule has 1 amide bonds. The second-order valence-electron chi connectivity index (χ2n) is 4.58. The molecule has 0 spiro atoms. The van der Waals surface area contributed by atoms with Crippen molar-refractivity contribution in [2.75, 3.05) is 5.32 Å². The fourth-order valence-corrected chi connectivity index (χ4v) is 1.79. The molecule has 1 aromatic carbocycles. The molecule has 1 heterocycles. The number of carbonyl (C=O) groups is 2. The Morgan fingerprint density at radius 3 is 2.38 bits per heavy atom. The molecule has 0 saturated carbocycles. The van der Waals surface area contributed by atoms with E-state index in [0.29, 0.717) is 5.69 Å². The van der Waals surface area contributed by atoms with Crippen LogP contribution in [-0.4, -0.2) is 57.7 Å². The molecule has 0 aromatic heterocycles. The average Bonchev–Trinajstić information content (AvgIpc) is 2.52. The molecular formula is C13H13N2NaO8. The van der Waals surface area contributed by atoms with E-state index in [4.69, 9.17) is 0 Å². The van der Waals surface area contributed by atoms with Crippen LogP contribution in [0.3, 0.4) is 0 Å². The van der Waals surface area contributed by atoms with Crippen molar-refractivity contribution in [3.8, 4) is 0 Å². The van der Waals surface area contributed by atoms with E-state index in [1.54, 1.807) is 30.3 Å². The van der Waals surface area contributed by atoms with E-state index in [9.17, 15) is 30.0 Å². The number of rotatable bonds is 3. The third kappa shape index (κ3) is 4.90. The van der Waals surface area contributed by atoms with Crippen LogP contribution in [0.15, 0.2) is 35.5 Å². The maximum absolute atomic E-state index is 11.5. The molecule has 1 aromatic rings. The maximum atomic E-state index is 11.5. The average molecular weight is 348 g/mol. The van der Waals surface area contributed by atoms with Crippen molar-refractivity contribution in [2.45, 2.75) is 24.4 Å². The third-order valence-electron chi connectivity index (χ3n) is 2.96. The summed E-state index contributed by atoms with van der Waals surface area (Å²) in [5.74, 6) is -2.61. The van der Waals surface area contributed by atoms with Crippen molar-refractivity contribution in [2.24, 2.45) is 5.16 Å². The monoisotopic (exact) mass is 348 g/mol. The molecule has 0 bridgehead atoms. The van der Waals surface area contributed by atoms with E-state index in [2.05, 4.69) is 20.0 Å². The second-order valence-corrected chi connectivity index (χ2v) is 4.58. The quantitative estimate of drug-likeness (QED) is 0.239. The molecule has 0 unspecified atom stereocenters. The molecule has 1 fully saturated rings. The summed E-state index contributed by atoms with van der Waals surface area (Å²) in [6, 6.07) is 8.21. The number of aliphatic hydroxyl groups is 3. The minimum Gasteiger partial charge on any atom is -0.546 e. The van der Waals surface area contributed by atoms with E-state index >= 15 is 0 Å². The Bertz CT molecular complexity index is 611. The van der Waals surface area contributed by atoms with Crippen molar-refractivity contribution < 1.29 is 69.1 Å². The van der Waals surface area contributed by atoms with Gasteiger partial charge in [-0.3, -0.25) is 10.2 Å². The first-order valence-electron chi connectivity index (χ1n) is 6.43. The molecule has 2 rings (SSSR count). The third-order valence-corrected chi connectivity index (χ3v) is 2.96. The fraction of sp³-hybridized carbons (Fsp3) is 0.308. The number of amides is 1. The molecule has 10 nitrogen and oxygen atoms in total. The van der Waals surface area contributed by atoms with Gasteiger partial charge in [-0.2, -0.15) is 0 Å². The SMILES string of the molecule is O=C(Nc1ccccc1)O/N=C1/O[C@H](C(=O)[O-])[C@@H](O)[C@H](O)[C@H]1O.[Na+]. The summed E-state index contributed by atoms with van der Waals surface area (Å²) in [6.07, 6.45) is -8.69. The van der Waals surface area contributed by atoms with Gasteiger partial charge in [0.15, 0.2) is 12.2 Å². The van der Waals surface area contributed by atoms with Gasteiger partial charge in [0, 0.05) is 5.69 Å². The first-order valence-corrected chi connectivity index (χ1v) is 6.43. The number of carboxylic acids is 1. The zero-order valence-corrected chi connectivity index (χ0v) is 14.5. The Balaban J connectivity index is 0.00000288. The number of benzene rings is 1. The number of nitrogens with zero attached hydrogens (tertiary/aromatic N) is 1. The first kappa shape index (κ1) is 20.4. The first-order chi connectivity index (χ1) is 10.9. The molecule has 24 heavy (non-hydrogen) atoms. The summed E-state index contributed by atoms with van der Waals surface area (Å²) in [5, 5.41) is 44.8. The Morgan fingerprint density at radius 2 is 1.79 bits per heavy atom. The van der Waals surface area contributed by atoms with E-state index in [-0.39, 0.29) is 29.6 Å². The van der Waals surface area contributed by atoms with Crippen molar-refractivity contribution in [3.05, 3.63) is 30.3 Å². The molecule has 1 aliphatic heterocycles. The molecule has 1 aliphatic rings. The van der Waals surface area contributed by atoms with E-state index in [0.717, 1.165) is 0 Å². The molecular weight excluding hydrogens is 335 g/mol. The predicted molar refractivity (Wildman–Crippen MR) is 71.9 cm³/mol. The summed E-state index contributed by atoms with van der Waals surface area (Å²) in [7, 11) is 0. The predicted octanol–water partition coefficient (Wildman–Crippen LogP) is -5.22. The summed E-state index contributed by atoms with van der Waals surface area (Å²) in [5.41, 5.74) is 0.408. The molecule has 1 saturated heterocycles. The standard InChI is InChI=1S/C13H14N2O8.Na/c16-7-8(17)10(12(19)20)22-11(9(7)18)15-23-13(21)14-6-4-2-1-3-5-6;/h1-5,7-10,16-18H,(H,14,21)(H,19,20);/q;+1/p-1/b15-11+;/t7-,8-,9+,10-;/m0./s1. The van der Waals surface area contributed by atoms with Gasteiger partial charge >= 0.3 is 35.7 Å². The minimum absolute atomic E-state index is 0. The van der Waals surface area contributed by atoms with Crippen molar-refractivity contribution in [1.82, 2.24) is 0 Å². The fourth-order valence-electron chi connectivity index (χ4n) is 1.79. The van der Waals surface area contributed by atoms with Crippen LogP contribution in [0.25, 0.3) is 0 Å². The van der Waals surface area contributed by atoms with Crippen LogP contribution < -0.4 is 40.0 Å². The summed E-state index contributed by atoms with van der Waals surface area (Å²) >= 11 is 0. The van der Waals surface area contributed by atoms with Crippen LogP contribution in [-0.2, 0) is 14.4 Å². The molecule has 11 heteroatoms. The summed E-state index contributed by atoms with van der Waals surface area (Å²) in [6.45, 7) is 0. The van der Waals surface area contributed by atoms with Crippen molar-refractivity contribution in [3.63, 3.8) is 0 Å². The normalized spacial score (nSPS) is 27.5. The topological polar surface area (TPSA) is 161 Å². The molecule has 4 N–H and O–H groups in total. The summed E-state index contributed by atoms with van der Waals surface area (Å²) < 4.78 is 4.67. The van der Waals surface area contributed by atoms with Gasteiger partial charge in [-0.15, -0.1) is 0 Å². The van der Waals surface area contributed by atoms with Gasteiger partial charge in [0.2, 0.25) is 0 Å². The van der Waals surface area contributed by atoms with Gasteiger partial charge in [-0.1, -0.05) is 18.2 Å². The van der Waals surface area contributed by atoms with Crippen LogP contribution in [0.2, 0.25) is 0 Å². The number of carbonyl (C=O) groups excluding carboxylic acids is 2. The number of anilines is 1. The second kappa shape index (κ2) is 8.97. The number of hydrogen-bond donors (Lipinski definition) is 4. The Labute approximate surface area is 158 Å². The van der Waals surface area contributed by atoms with Gasteiger partial charge in [-0.05, 0) is 17.3 Å². The smallest absolute Gasteiger partial charge is 0.546 e. The van der Waals surface area contributed by atoms with Crippen LogP contribution in [0.5, 0.6) is 0 Å². The number of para-hydroxylation sites is 1. The molecule has 0 aliphatic carbocycles. The number of hydrogen-bond acceptors (Lipinski definition) is 9. The van der Waals surface area contributed by atoms with E-state index < -0.39 is 42.4 Å². The number of oxime groups is 1. The zero-order chi connectivity index (χ0) is 17.0. The van der Waals surface area contributed by atoms with Gasteiger partial charge in [0.05, 0.1) is 5.97 Å². The maximum Gasteiger partial charge on any atom is 1.00 e. The minimum atomic E-state index is -1.96. The van der Waals surface area contributed by atoms with Crippen molar-refractivity contribution >= 4 is 23.6 Å². The summed E-state index contributed by atoms with van der Waals surface area (Å²) in [4.78, 5) is 26.7. The number of aliphatic carboxylic acids is 1. The largest absolute Gasteiger partial charge is 1.00 e. The number of nitrogens with one attached hydrogen (secondary N) is 1. The van der Waals surface area contributed by atoms with Gasteiger partial charge in [0.25, 0.3) is 5.90 Å². The van der Waals surface area contributed by atoms with Crippen LogP contribution >= 0.6 is 0 Å². The van der Waals surface area contributed by atoms with Gasteiger partial charge in [-0.25, -0.2) is 4.79 Å². The Hall–Kier alpha value is -1.69. The molecule has 124 valence electrons. The zero-order valence-electron chi connectivity index (χ0n) is 12.5. The van der Waals surface area contributed by atoms with Crippen LogP contribution in [0, 0.1) is 0 Å². The number of carboxylic acid groups (broad SMARTS) is 1. The number of aliphatic hydroxyl groups excluding tert-OH is 3. The van der Waals surface area contributed by atoms with Crippen LogP contribution in [0.4, 0.5) is 10.5 Å². The van der Waals surface area contributed by atoms with Crippen LogP contribution in [0.1, 0.15) is 0 Å². The van der Waals surface area contributed by atoms with E-state index in [1.807, 2.05) is 0 Å². The Kier molecular flexibility index (Phi) is 7.60.